The van der Waals surface area contributed by atoms with Crippen molar-refractivity contribution < 1.29 is 4.74 Å². The summed E-state index contributed by atoms with van der Waals surface area (Å²) in [5.74, 6) is 1.64. The maximum absolute atomic E-state index is 6.24. The van der Waals surface area contributed by atoms with E-state index in [1.165, 1.54) is 49.8 Å². The molecule has 0 bridgehead atoms. The minimum absolute atomic E-state index is 0.339. The van der Waals surface area contributed by atoms with Crippen molar-refractivity contribution in [2.75, 3.05) is 0 Å². The first-order valence-electron chi connectivity index (χ1n) is 8.18. The highest BCUT2D eigenvalue weighted by Gasteiger charge is 2.24. The molecule has 2 N–H and O–H groups in total. The monoisotopic (exact) mass is 274 g/mol. The highest BCUT2D eigenvalue weighted by molar-refractivity contribution is 5.36. The lowest BCUT2D eigenvalue weighted by atomic mass is 9.85. The lowest BCUT2D eigenvalue weighted by Gasteiger charge is -2.29. The highest BCUT2D eigenvalue weighted by Crippen LogP contribution is 2.32. The van der Waals surface area contributed by atoms with Gasteiger partial charge in [-0.05, 0) is 56.1 Å². The fraction of sp³-hybridized carbons (Fsp3) is 0.706. The Hall–Kier alpha value is -1.09. The number of nitrogens with two attached hydrogens (primary N) is 1. The van der Waals surface area contributed by atoms with E-state index in [-0.39, 0.29) is 0 Å². The summed E-state index contributed by atoms with van der Waals surface area (Å²) in [6.07, 6.45) is 10.1. The van der Waals surface area contributed by atoms with Gasteiger partial charge in [0.25, 0.3) is 0 Å². The van der Waals surface area contributed by atoms with Crippen LogP contribution in [0.25, 0.3) is 0 Å². The first kappa shape index (κ1) is 13.9. The van der Waals surface area contributed by atoms with Gasteiger partial charge in [0.1, 0.15) is 6.10 Å². The first-order valence-corrected chi connectivity index (χ1v) is 8.18. The number of hydrogen-bond donors (Lipinski definition) is 1. The fourth-order valence-electron chi connectivity index (χ4n) is 3.63. The minimum Gasteiger partial charge on any atom is -0.474 e. The molecule has 1 heterocycles. The van der Waals surface area contributed by atoms with Gasteiger partial charge in [-0.3, -0.25) is 0 Å². The van der Waals surface area contributed by atoms with Gasteiger partial charge in [-0.2, -0.15) is 0 Å². The molecule has 3 rings (SSSR count). The lowest BCUT2D eigenvalue weighted by Crippen LogP contribution is -2.26. The zero-order valence-electron chi connectivity index (χ0n) is 12.5. The van der Waals surface area contributed by atoms with Crippen molar-refractivity contribution >= 4 is 0 Å². The summed E-state index contributed by atoms with van der Waals surface area (Å²) in [7, 11) is 0. The molecule has 3 heteroatoms. The molecule has 2 aliphatic carbocycles. The molecule has 3 nitrogen and oxygen atoms in total. The zero-order valence-corrected chi connectivity index (χ0v) is 12.5. The summed E-state index contributed by atoms with van der Waals surface area (Å²) in [5.41, 5.74) is 9.59. The molecule has 2 aliphatic rings. The van der Waals surface area contributed by atoms with E-state index in [2.05, 4.69) is 13.0 Å². The van der Waals surface area contributed by atoms with Gasteiger partial charge >= 0.3 is 0 Å². The molecule has 20 heavy (non-hydrogen) atoms. The van der Waals surface area contributed by atoms with Gasteiger partial charge in [0, 0.05) is 17.8 Å². The third-order valence-electron chi connectivity index (χ3n) is 4.90. The molecule has 2 unspecified atom stereocenters. The molecule has 2 atom stereocenters. The largest absolute Gasteiger partial charge is 0.474 e. The number of aryl methyl sites for hydroxylation is 2. The second-order valence-electron chi connectivity index (χ2n) is 6.30. The summed E-state index contributed by atoms with van der Waals surface area (Å²) in [6.45, 7) is 2.81. The minimum atomic E-state index is 0.339. The molecule has 1 aromatic heterocycles. The van der Waals surface area contributed by atoms with Crippen LogP contribution in [0.1, 0.15) is 62.3 Å². The molecule has 0 radical (unpaired) electrons. The summed E-state index contributed by atoms with van der Waals surface area (Å²) in [6, 6.07) is 2.23. The van der Waals surface area contributed by atoms with Gasteiger partial charge in [-0.15, -0.1) is 0 Å². The number of nitrogens with zero attached hydrogens (tertiary/aromatic N) is 1. The van der Waals surface area contributed by atoms with Gasteiger partial charge < -0.3 is 10.5 Å². The van der Waals surface area contributed by atoms with Gasteiger partial charge in [0.15, 0.2) is 0 Å². The van der Waals surface area contributed by atoms with Crippen LogP contribution in [0.15, 0.2) is 6.07 Å². The molecule has 110 valence electrons. The predicted molar refractivity (Wildman–Crippen MR) is 80.8 cm³/mol. The maximum atomic E-state index is 6.24. The lowest BCUT2D eigenvalue weighted by molar-refractivity contribution is 0.115. The van der Waals surface area contributed by atoms with Crippen LogP contribution in [0.3, 0.4) is 0 Å². The Morgan fingerprint density at radius 1 is 1.30 bits per heavy atom. The Balaban J connectivity index is 1.76. The number of rotatable bonds is 4. The smallest absolute Gasteiger partial charge is 0.218 e. The SMILES string of the molecule is CCC1CCCC(Oc2nc3c(cc2CN)CCC3)C1. The molecular weight excluding hydrogens is 248 g/mol. The third-order valence-corrected chi connectivity index (χ3v) is 4.90. The Kier molecular flexibility index (Phi) is 4.25. The van der Waals surface area contributed by atoms with E-state index in [9.17, 15) is 0 Å². The van der Waals surface area contributed by atoms with Crippen molar-refractivity contribution in [2.45, 2.75) is 70.9 Å². The van der Waals surface area contributed by atoms with E-state index < -0.39 is 0 Å². The maximum Gasteiger partial charge on any atom is 0.218 e. The first-order chi connectivity index (χ1) is 9.80. The van der Waals surface area contributed by atoms with Crippen molar-refractivity contribution in [1.29, 1.82) is 0 Å². The number of hydrogen-bond acceptors (Lipinski definition) is 3. The molecule has 0 amide bonds. The molecule has 0 aliphatic heterocycles. The van der Waals surface area contributed by atoms with Crippen molar-refractivity contribution in [2.24, 2.45) is 11.7 Å². The third kappa shape index (κ3) is 2.83. The average Bonchev–Trinajstić information content (AvgIpc) is 2.93. The van der Waals surface area contributed by atoms with Gasteiger partial charge in [-0.25, -0.2) is 4.98 Å². The quantitative estimate of drug-likeness (QED) is 0.915. The number of ether oxygens (including phenoxy) is 1. The molecular formula is C17H26N2O. The number of aromatic nitrogens is 1. The van der Waals surface area contributed by atoms with Gasteiger partial charge in [0.2, 0.25) is 5.88 Å². The molecule has 0 aromatic carbocycles. The number of fused-ring (bicyclic) bond motifs is 1. The van der Waals surface area contributed by atoms with E-state index in [0.29, 0.717) is 12.6 Å². The van der Waals surface area contributed by atoms with E-state index >= 15 is 0 Å². The van der Waals surface area contributed by atoms with Crippen LogP contribution in [-0.4, -0.2) is 11.1 Å². The van der Waals surface area contributed by atoms with E-state index in [1.807, 2.05) is 0 Å². The van der Waals surface area contributed by atoms with Crippen molar-refractivity contribution in [1.82, 2.24) is 4.98 Å². The topological polar surface area (TPSA) is 48.1 Å². The normalized spacial score (nSPS) is 25.5. The zero-order chi connectivity index (χ0) is 13.9. The average molecular weight is 274 g/mol. The van der Waals surface area contributed by atoms with Crippen molar-refractivity contribution in [3.05, 3.63) is 22.9 Å². The van der Waals surface area contributed by atoms with Crippen LogP contribution in [0.4, 0.5) is 0 Å². The molecule has 1 saturated carbocycles. The summed E-state index contributed by atoms with van der Waals surface area (Å²) < 4.78 is 6.24. The molecule has 0 spiro atoms. The van der Waals surface area contributed by atoms with Crippen LogP contribution >= 0.6 is 0 Å². The summed E-state index contributed by atoms with van der Waals surface area (Å²) in [5, 5.41) is 0. The highest BCUT2D eigenvalue weighted by atomic mass is 16.5. The number of pyridine rings is 1. The Morgan fingerprint density at radius 2 is 2.20 bits per heavy atom. The molecule has 1 fully saturated rings. The summed E-state index contributed by atoms with van der Waals surface area (Å²) in [4.78, 5) is 4.77. The van der Waals surface area contributed by atoms with Gasteiger partial charge in [0.05, 0.1) is 0 Å². The van der Waals surface area contributed by atoms with E-state index in [1.54, 1.807) is 0 Å². The van der Waals surface area contributed by atoms with Gasteiger partial charge in [-0.1, -0.05) is 19.8 Å². The van der Waals surface area contributed by atoms with Crippen LogP contribution in [0.5, 0.6) is 5.88 Å². The Bertz CT molecular complexity index is 472. The fourth-order valence-corrected chi connectivity index (χ4v) is 3.63. The summed E-state index contributed by atoms with van der Waals surface area (Å²) >= 11 is 0. The standard InChI is InChI=1S/C17H26N2O/c1-2-12-5-3-7-15(9-12)20-17-14(11-18)10-13-6-4-8-16(13)19-17/h10,12,15H,2-9,11,18H2,1H3. The Labute approximate surface area is 121 Å². The van der Waals surface area contributed by atoms with Crippen LogP contribution in [-0.2, 0) is 19.4 Å². The van der Waals surface area contributed by atoms with E-state index in [0.717, 1.165) is 30.2 Å². The second-order valence-corrected chi connectivity index (χ2v) is 6.30. The van der Waals surface area contributed by atoms with Crippen molar-refractivity contribution in [3.63, 3.8) is 0 Å². The molecule has 1 aromatic rings. The molecule has 0 saturated heterocycles. The predicted octanol–water partition coefficient (Wildman–Crippen LogP) is 3.38. The van der Waals surface area contributed by atoms with Crippen LogP contribution < -0.4 is 10.5 Å². The van der Waals surface area contributed by atoms with E-state index in [4.69, 9.17) is 15.5 Å². The van der Waals surface area contributed by atoms with Crippen LogP contribution in [0, 0.1) is 5.92 Å². The van der Waals surface area contributed by atoms with Crippen LogP contribution in [0.2, 0.25) is 0 Å². The second kappa shape index (κ2) is 6.13. The Morgan fingerprint density at radius 3 is 3.00 bits per heavy atom. The van der Waals surface area contributed by atoms with Crippen molar-refractivity contribution in [3.8, 4) is 5.88 Å².